The van der Waals surface area contributed by atoms with Crippen LogP contribution in [0.4, 0.5) is 0 Å². The van der Waals surface area contributed by atoms with Crippen LogP contribution < -0.4 is 0 Å². The Morgan fingerprint density at radius 3 is 2.88 bits per heavy atom. The van der Waals surface area contributed by atoms with Crippen LogP contribution in [-0.2, 0) is 22.6 Å². The molecular weight excluding hydrogens is 328 g/mol. The summed E-state index contributed by atoms with van der Waals surface area (Å²) >= 11 is 0. The van der Waals surface area contributed by atoms with Crippen LogP contribution in [0.3, 0.4) is 0 Å². The Balaban J connectivity index is 1.85. The first-order valence-electron chi connectivity index (χ1n) is 9.79. The fourth-order valence-corrected chi connectivity index (χ4v) is 5.99. The van der Waals surface area contributed by atoms with E-state index in [4.69, 9.17) is 9.15 Å². The van der Waals surface area contributed by atoms with E-state index in [9.17, 15) is 9.90 Å². The van der Waals surface area contributed by atoms with E-state index < -0.39 is 5.41 Å². The normalized spacial score (nSPS) is 34.4. The van der Waals surface area contributed by atoms with Gasteiger partial charge in [-0.1, -0.05) is 25.5 Å². The number of aliphatic hydroxyl groups is 1. The molecule has 1 aromatic rings. The van der Waals surface area contributed by atoms with Crippen LogP contribution in [0.2, 0.25) is 0 Å². The highest BCUT2D eigenvalue weighted by molar-refractivity contribution is 5.77. The zero-order chi connectivity index (χ0) is 18.9. The minimum atomic E-state index is -0.396. The molecule has 3 rings (SSSR count). The van der Waals surface area contributed by atoms with Crippen molar-refractivity contribution in [2.24, 2.45) is 22.7 Å². The third-order valence-electron chi connectivity index (χ3n) is 7.36. The number of hydrogen-bond donors (Lipinski definition) is 1. The van der Waals surface area contributed by atoms with Crippen molar-refractivity contribution in [2.75, 3.05) is 7.11 Å². The fourth-order valence-electron chi connectivity index (χ4n) is 5.99. The number of aliphatic hydroxyl groups excluding tert-OH is 1. The van der Waals surface area contributed by atoms with Crippen LogP contribution >= 0.6 is 0 Å². The minimum Gasteiger partial charge on any atom is -0.469 e. The van der Waals surface area contributed by atoms with Gasteiger partial charge in [-0.25, -0.2) is 0 Å². The third-order valence-corrected chi connectivity index (χ3v) is 7.36. The molecule has 0 unspecified atom stereocenters. The molecule has 0 saturated heterocycles. The lowest BCUT2D eigenvalue weighted by Gasteiger charge is -2.57. The molecule has 1 aromatic heterocycles. The second-order valence-electron chi connectivity index (χ2n) is 8.64. The molecular formula is C22H32O4. The molecule has 1 N–H and O–H groups in total. The van der Waals surface area contributed by atoms with Gasteiger partial charge in [0.05, 0.1) is 18.8 Å². The largest absolute Gasteiger partial charge is 0.469 e. The van der Waals surface area contributed by atoms with Gasteiger partial charge in [0, 0.05) is 0 Å². The Bertz CT molecular complexity index is 675. The highest BCUT2D eigenvalue weighted by Crippen LogP contribution is 2.62. The van der Waals surface area contributed by atoms with E-state index in [0.29, 0.717) is 17.6 Å². The molecule has 2 aliphatic rings. The second kappa shape index (κ2) is 7.22. The summed E-state index contributed by atoms with van der Waals surface area (Å²) in [6.45, 7) is 8.80. The van der Waals surface area contributed by atoms with Crippen molar-refractivity contribution in [2.45, 2.75) is 65.4 Å². The summed E-state index contributed by atoms with van der Waals surface area (Å²) in [7, 11) is 1.51. The van der Waals surface area contributed by atoms with E-state index in [1.165, 1.54) is 12.7 Å². The SMILES string of the molecule is C=C1CC[C@H]2[C@@](C)(CCC[C@@]2(C)C(=O)OC)[C@H]1CCc1ccoc1CO. The van der Waals surface area contributed by atoms with Gasteiger partial charge in [0.2, 0.25) is 0 Å². The maximum absolute atomic E-state index is 12.6. The molecule has 0 radical (unpaired) electrons. The van der Waals surface area contributed by atoms with Gasteiger partial charge >= 0.3 is 5.97 Å². The van der Waals surface area contributed by atoms with Crippen LogP contribution in [0.25, 0.3) is 0 Å². The molecule has 4 heteroatoms. The first-order chi connectivity index (χ1) is 12.4. The average Bonchev–Trinajstić information content (AvgIpc) is 3.07. The van der Waals surface area contributed by atoms with Crippen LogP contribution in [0.1, 0.15) is 63.7 Å². The van der Waals surface area contributed by atoms with E-state index in [2.05, 4.69) is 20.4 Å². The lowest BCUT2D eigenvalue weighted by Crippen LogP contribution is -2.53. The maximum atomic E-state index is 12.6. The number of allylic oxidation sites excluding steroid dienone is 1. The number of rotatable bonds is 5. The van der Waals surface area contributed by atoms with Crippen molar-refractivity contribution in [3.8, 4) is 0 Å². The van der Waals surface area contributed by atoms with Crippen LogP contribution in [0.15, 0.2) is 28.9 Å². The van der Waals surface area contributed by atoms with Crippen LogP contribution in [-0.4, -0.2) is 18.2 Å². The Morgan fingerprint density at radius 1 is 1.42 bits per heavy atom. The molecule has 4 nitrogen and oxygen atoms in total. The van der Waals surface area contributed by atoms with E-state index in [1.807, 2.05) is 6.07 Å². The number of methoxy groups -OCH3 is 1. The minimum absolute atomic E-state index is 0.0583. The molecule has 26 heavy (non-hydrogen) atoms. The van der Waals surface area contributed by atoms with Gasteiger partial charge in [-0.05, 0) is 74.3 Å². The van der Waals surface area contributed by atoms with Crippen molar-refractivity contribution >= 4 is 5.97 Å². The Morgan fingerprint density at radius 2 is 2.19 bits per heavy atom. The summed E-state index contributed by atoms with van der Waals surface area (Å²) in [6.07, 6.45) is 8.59. The van der Waals surface area contributed by atoms with Gasteiger partial charge in [-0.3, -0.25) is 4.79 Å². The number of ether oxygens (including phenoxy) is 1. The van der Waals surface area contributed by atoms with Gasteiger partial charge in [0.15, 0.2) is 0 Å². The molecule has 4 atom stereocenters. The molecule has 144 valence electrons. The standard InChI is InChI=1S/C22H32O4/c1-15-6-9-19-21(2,11-5-12-22(19,3)20(24)25-4)17(15)8-7-16-10-13-26-18(16)14-23/h10,13,17,19,23H,1,5-9,11-12,14H2,2-4H3/t17-,19-,21-,22+/m0/s1. The molecule has 1 heterocycles. The molecule has 0 aromatic carbocycles. The number of furan rings is 1. The Hall–Kier alpha value is -1.55. The lowest BCUT2D eigenvalue weighted by atomic mass is 9.46. The van der Waals surface area contributed by atoms with Crippen molar-refractivity contribution < 1.29 is 19.1 Å². The zero-order valence-electron chi connectivity index (χ0n) is 16.3. The average molecular weight is 360 g/mol. The molecule has 0 bridgehead atoms. The van der Waals surface area contributed by atoms with Gasteiger partial charge < -0.3 is 14.3 Å². The van der Waals surface area contributed by atoms with Crippen LogP contribution in [0, 0.1) is 22.7 Å². The summed E-state index contributed by atoms with van der Waals surface area (Å²) in [4.78, 5) is 12.6. The summed E-state index contributed by atoms with van der Waals surface area (Å²) in [5, 5.41) is 9.43. The molecule has 2 fully saturated rings. The summed E-state index contributed by atoms with van der Waals surface area (Å²) in [6, 6.07) is 1.95. The predicted octanol–water partition coefficient (Wildman–Crippen LogP) is 4.66. The molecule has 0 amide bonds. The topological polar surface area (TPSA) is 59.7 Å². The maximum Gasteiger partial charge on any atom is 0.311 e. The van der Waals surface area contributed by atoms with Gasteiger partial charge in [0.25, 0.3) is 0 Å². The summed E-state index contributed by atoms with van der Waals surface area (Å²) < 4.78 is 10.6. The zero-order valence-corrected chi connectivity index (χ0v) is 16.3. The van der Waals surface area contributed by atoms with Gasteiger partial charge in [0.1, 0.15) is 12.4 Å². The van der Waals surface area contributed by atoms with E-state index in [0.717, 1.165) is 50.5 Å². The van der Waals surface area contributed by atoms with Crippen LogP contribution in [0.5, 0.6) is 0 Å². The molecule has 2 aliphatic carbocycles. The number of fused-ring (bicyclic) bond motifs is 1. The van der Waals surface area contributed by atoms with E-state index in [1.54, 1.807) is 6.26 Å². The number of aryl methyl sites for hydroxylation is 1. The quantitative estimate of drug-likeness (QED) is 0.613. The first kappa shape index (κ1) is 19.2. The molecule has 2 saturated carbocycles. The summed E-state index contributed by atoms with van der Waals surface area (Å²) in [5.41, 5.74) is 2.07. The molecule has 0 spiro atoms. The number of hydrogen-bond acceptors (Lipinski definition) is 4. The first-order valence-corrected chi connectivity index (χ1v) is 9.79. The molecule has 0 aliphatic heterocycles. The highest BCUT2D eigenvalue weighted by atomic mass is 16.5. The monoisotopic (exact) mass is 360 g/mol. The number of carbonyl (C=O) groups is 1. The third kappa shape index (κ3) is 3.02. The van der Waals surface area contributed by atoms with Gasteiger partial charge in [-0.2, -0.15) is 0 Å². The number of esters is 1. The lowest BCUT2D eigenvalue weighted by molar-refractivity contribution is -0.168. The number of carbonyl (C=O) groups excluding carboxylic acids is 1. The van der Waals surface area contributed by atoms with E-state index in [-0.39, 0.29) is 18.0 Å². The highest BCUT2D eigenvalue weighted by Gasteiger charge is 2.57. The fraction of sp³-hybridized carbons (Fsp3) is 0.682. The van der Waals surface area contributed by atoms with Gasteiger partial charge in [-0.15, -0.1) is 0 Å². The predicted molar refractivity (Wildman–Crippen MR) is 100 cm³/mol. The Labute approximate surface area is 156 Å². The van der Waals surface area contributed by atoms with Crippen molar-refractivity contribution in [1.29, 1.82) is 0 Å². The van der Waals surface area contributed by atoms with Crippen molar-refractivity contribution in [1.82, 2.24) is 0 Å². The smallest absolute Gasteiger partial charge is 0.311 e. The second-order valence-corrected chi connectivity index (χ2v) is 8.64. The summed E-state index contributed by atoms with van der Waals surface area (Å²) in [5.74, 6) is 1.31. The van der Waals surface area contributed by atoms with Crippen molar-refractivity contribution in [3.05, 3.63) is 35.8 Å². The Kier molecular flexibility index (Phi) is 5.34. The van der Waals surface area contributed by atoms with Crippen molar-refractivity contribution in [3.63, 3.8) is 0 Å². The van der Waals surface area contributed by atoms with E-state index >= 15 is 0 Å².